The van der Waals surface area contributed by atoms with E-state index in [0.717, 1.165) is 22.6 Å². The summed E-state index contributed by atoms with van der Waals surface area (Å²) < 4.78 is 6.54. The summed E-state index contributed by atoms with van der Waals surface area (Å²) in [4.78, 5) is 4.58. The fourth-order valence-corrected chi connectivity index (χ4v) is 3.37. The number of nitrogens with zero attached hydrogens (tertiary/aromatic N) is 2. The Hall–Kier alpha value is -1.20. The highest BCUT2D eigenvalue weighted by atomic mass is 79.9. The van der Waals surface area contributed by atoms with Gasteiger partial charge in [-0.2, -0.15) is 4.98 Å². The van der Waals surface area contributed by atoms with Crippen molar-refractivity contribution >= 4 is 15.9 Å². The average molecular weight is 336 g/mol. The van der Waals surface area contributed by atoms with Crippen LogP contribution in [0.4, 0.5) is 0 Å². The molecule has 0 saturated heterocycles. The second kappa shape index (κ2) is 6.06. The molecule has 0 radical (unpaired) electrons. The van der Waals surface area contributed by atoms with Gasteiger partial charge in [-0.05, 0) is 37.6 Å². The van der Waals surface area contributed by atoms with Crippen LogP contribution in [-0.4, -0.2) is 23.2 Å². The first-order chi connectivity index (χ1) is 9.76. The molecule has 1 aliphatic carbocycles. The molecule has 2 unspecified atom stereocenters. The number of likely N-dealkylation sites (N-methyl/N-ethyl adjacent to an activating group) is 1. The van der Waals surface area contributed by atoms with Crippen molar-refractivity contribution in [3.8, 4) is 0 Å². The van der Waals surface area contributed by atoms with Gasteiger partial charge >= 0.3 is 0 Å². The SMILES string of the molecule is CNC1CCCC1c1nc(Cc2cccc(Br)c2)no1. The topological polar surface area (TPSA) is 51.0 Å². The molecule has 3 rings (SSSR count). The van der Waals surface area contributed by atoms with Gasteiger partial charge in [0.15, 0.2) is 5.82 Å². The van der Waals surface area contributed by atoms with Gasteiger partial charge in [0, 0.05) is 16.9 Å². The van der Waals surface area contributed by atoms with Crippen molar-refractivity contribution in [1.29, 1.82) is 0 Å². The molecule has 1 aliphatic rings. The van der Waals surface area contributed by atoms with Crippen molar-refractivity contribution in [1.82, 2.24) is 15.5 Å². The first-order valence-electron chi connectivity index (χ1n) is 7.00. The van der Waals surface area contributed by atoms with Crippen LogP contribution in [0.2, 0.25) is 0 Å². The predicted molar refractivity (Wildman–Crippen MR) is 80.7 cm³/mol. The summed E-state index contributed by atoms with van der Waals surface area (Å²) in [5, 5.41) is 7.47. The van der Waals surface area contributed by atoms with E-state index in [2.05, 4.69) is 43.5 Å². The van der Waals surface area contributed by atoms with Gasteiger partial charge < -0.3 is 9.84 Å². The Morgan fingerprint density at radius 2 is 2.30 bits per heavy atom. The van der Waals surface area contributed by atoms with Crippen LogP contribution < -0.4 is 5.32 Å². The van der Waals surface area contributed by atoms with Crippen molar-refractivity contribution in [2.75, 3.05) is 7.05 Å². The summed E-state index contributed by atoms with van der Waals surface area (Å²) in [6.45, 7) is 0. The van der Waals surface area contributed by atoms with Crippen molar-refractivity contribution in [3.05, 3.63) is 46.0 Å². The average Bonchev–Trinajstić information content (AvgIpc) is 3.06. The molecule has 2 atom stereocenters. The van der Waals surface area contributed by atoms with Crippen LogP contribution in [0.5, 0.6) is 0 Å². The van der Waals surface area contributed by atoms with Crippen LogP contribution in [0.1, 0.15) is 42.5 Å². The minimum absolute atomic E-state index is 0.365. The van der Waals surface area contributed by atoms with Crippen LogP contribution in [-0.2, 0) is 6.42 Å². The molecule has 1 heterocycles. The molecule has 1 fully saturated rings. The number of rotatable bonds is 4. The number of aromatic nitrogens is 2. The molecule has 1 saturated carbocycles. The van der Waals surface area contributed by atoms with E-state index in [4.69, 9.17) is 4.52 Å². The Balaban J connectivity index is 1.73. The molecule has 2 aromatic rings. The van der Waals surface area contributed by atoms with Gasteiger partial charge in [-0.3, -0.25) is 0 Å². The Bertz CT molecular complexity index is 584. The zero-order valence-electron chi connectivity index (χ0n) is 11.5. The summed E-state index contributed by atoms with van der Waals surface area (Å²) >= 11 is 3.48. The summed E-state index contributed by atoms with van der Waals surface area (Å²) in [6, 6.07) is 8.67. The Morgan fingerprint density at radius 3 is 3.10 bits per heavy atom. The number of halogens is 1. The van der Waals surface area contributed by atoms with Gasteiger partial charge in [0.05, 0.1) is 5.92 Å². The molecule has 4 nitrogen and oxygen atoms in total. The van der Waals surface area contributed by atoms with Crippen LogP contribution in [0.15, 0.2) is 33.3 Å². The largest absolute Gasteiger partial charge is 0.339 e. The quantitative estimate of drug-likeness (QED) is 0.931. The van der Waals surface area contributed by atoms with E-state index in [9.17, 15) is 0 Å². The predicted octanol–water partition coefficient (Wildman–Crippen LogP) is 3.28. The molecule has 1 aromatic carbocycles. The second-order valence-corrected chi connectivity index (χ2v) is 6.20. The highest BCUT2D eigenvalue weighted by Gasteiger charge is 2.31. The zero-order chi connectivity index (χ0) is 13.9. The molecule has 0 spiro atoms. The third-order valence-corrected chi connectivity index (χ3v) is 4.43. The molecule has 1 aromatic heterocycles. The zero-order valence-corrected chi connectivity index (χ0v) is 13.1. The maximum Gasteiger partial charge on any atom is 0.231 e. The van der Waals surface area contributed by atoms with E-state index in [-0.39, 0.29) is 0 Å². The number of benzene rings is 1. The molecule has 0 aliphatic heterocycles. The van der Waals surface area contributed by atoms with Gasteiger partial charge in [-0.25, -0.2) is 0 Å². The lowest BCUT2D eigenvalue weighted by Crippen LogP contribution is -2.27. The number of hydrogen-bond acceptors (Lipinski definition) is 4. The minimum Gasteiger partial charge on any atom is -0.339 e. The molecular weight excluding hydrogens is 318 g/mol. The highest BCUT2D eigenvalue weighted by Crippen LogP contribution is 2.33. The summed E-state index contributed by atoms with van der Waals surface area (Å²) in [5.41, 5.74) is 1.18. The summed E-state index contributed by atoms with van der Waals surface area (Å²) in [6.07, 6.45) is 4.24. The number of nitrogens with one attached hydrogen (secondary N) is 1. The van der Waals surface area contributed by atoms with Crippen molar-refractivity contribution in [2.24, 2.45) is 0 Å². The third kappa shape index (κ3) is 2.94. The van der Waals surface area contributed by atoms with E-state index in [1.54, 1.807) is 0 Å². The molecule has 0 bridgehead atoms. The fraction of sp³-hybridized carbons (Fsp3) is 0.467. The minimum atomic E-state index is 0.365. The van der Waals surface area contributed by atoms with Crippen molar-refractivity contribution in [2.45, 2.75) is 37.6 Å². The number of hydrogen-bond donors (Lipinski definition) is 1. The van der Waals surface area contributed by atoms with E-state index in [0.29, 0.717) is 18.4 Å². The Kier molecular flexibility index (Phi) is 4.17. The van der Waals surface area contributed by atoms with Crippen LogP contribution in [0.25, 0.3) is 0 Å². The third-order valence-electron chi connectivity index (χ3n) is 3.94. The van der Waals surface area contributed by atoms with Crippen molar-refractivity contribution < 1.29 is 4.52 Å². The molecule has 20 heavy (non-hydrogen) atoms. The first kappa shape index (κ1) is 13.8. The van der Waals surface area contributed by atoms with Crippen molar-refractivity contribution in [3.63, 3.8) is 0 Å². The molecule has 106 valence electrons. The van der Waals surface area contributed by atoms with Crippen LogP contribution >= 0.6 is 15.9 Å². The maximum absolute atomic E-state index is 5.47. The standard InChI is InChI=1S/C15H18BrN3O/c1-17-13-7-3-6-12(13)15-18-14(19-20-15)9-10-4-2-5-11(16)8-10/h2,4-5,8,12-13,17H,3,6-7,9H2,1H3. The van der Waals surface area contributed by atoms with E-state index in [1.165, 1.54) is 18.4 Å². The lowest BCUT2D eigenvalue weighted by molar-refractivity contribution is 0.332. The Labute approximate surface area is 127 Å². The van der Waals surface area contributed by atoms with Crippen LogP contribution in [0, 0.1) is 0 Å². The second-order valence-electron chi connectivity index (χ2n) is 5.29. The summed E-state index contributed by atoms with van der Waals surface area (Å²) in [5.74, 6) is 1.91. The normalized spacial score (nSPS) is 22.3. The van der Waals surface area contributed by atoms with Gasteiger partial charge in [-0.1, -0.05) is 39.6 Å². The molecular formula is C15H18BrN3O. The van der Waals surface area contributed by atoms with Crippen LogP contribution in [0.3, 0.4) is 0 Å². The fourth-order valence-electron chi connectivity index (χ4n) is 2.92. The first-order valence-corrected chi connectivity index (χ1v) is 7.80. The van der Waals surface area contributed by atoms with Gasteiger partial charge in [0.2, 0.25) is 5.89 Å². The van der Waals surface area contributed by atoms with E-state index in [1.807, 2.05) is 19.2 Å². The lowest BCUT2D eigenvalue weighted by atomic mass is 10.0. The summed E-state index contributed by atoms with van der Waals surface area (Å²) in [7, 11) is 2.00. The maximum atomic E-state index is 5.47. The van der Waals surface area contributed by atoms with Gasteiger partial charge in [0.1, 0.15) is 0 Å². The Morgan fingerprint density at radius 1 is 1.40 bits per heavy atom. The molecule has 5 heteroatoms. The molecule has 0 amide bonds. The van der Waals surface area contributed by atoms with E-state index >= 15 is 0 Å². The lowest BCUT2D eigenvalue weighted by Gasteiger charge is -2.14. The highest BCUT2D eigenvalue weighted by molar-refractivity contribution is 9.10. The monoisotopic (exact) mass is 335 g/mol. The van der Waals surface area contributed by atoms with E-state index < -0.39 is 0 Å². The smallest absolute Gasteiger partial charge is 0.231 e. The molecule has 1 N–H and O–H groups in total. The van der Waals surface area contributed by atoms with Gasteiger partial charge in [-0.15, -0.1) is 0 Å². The van der Waals surface area contributed by atoms with Gasteiger partial charge in [0.25, 0.3) is 0 Å².